The molecular weight excluding hydrogens is 205 g/mol. The fourth-order valence-electron chi connectivity index (χ4n) is 1.74. The molecule has 0 fully saturated rings. The molecule has 0 aromatic heterocycles. The van der Waals surface area contributed by atoms with Crippen LogP contribution in [0.2, 0.25) is 0 Å². The molecule has 0 aliphatic rings. The third-order valence-electron chi connectivity index (χ3n) is 2.49. The predicted molar refractivity (Wildman–Crippen MR) is 64.0 cm³/mol. The van der Waals surface area contributed by atoms with Crippen LogP contribution in [0, 0.1) is 5.82 Å². The molecule has 2 atom stereocenters. The van der Waals surface area contributed by atoms with Gasteiger partial charge in [-0.25, -0.2) is 4.39 Å². The Morgan fingerprint density at radius 1 is 1.38 bits per heavy atom. The average Bonchev–Trinajstić information content (AvgIpc) is 2.17. The zero-order chi connectivity index (χ0) is 12.1. The highest BCUT2D eigenvalue weighted by molar-refractivity contribution is 5.36. The minimum Gasteiger partial charge on any atom is -0.490 e. The SMILES string of the molecule is CCCC(C)Oc1cccc(F)c1[C@H](C)N. The van der Waals surface area contributed by atoms with Gasteiger partial charge >= 0.3 is 0 Å². The monoisotopic (exact) mass is 225 g/mol. The Labute approximate surface area is 96.6 Å². The fraction of sp³-hybridized carbons (Fsp3) is 0.538. The molecular formula is C13H20FNO. The van der Waals surface area contributed by atoms with E-state index in [4.69, 9.17) is 10.5 Å². The minimum absolute atomic E-state index is 0.0873. The number of ether oxygens (including phenoxy) is 1. The molecule has 90 valence electrons. The van der Waals surface area contributed by atoms with Crippen molar-refractivity contribution < 1.29 is 9.13 Å². The van der Waals surface area contributed by atoms with Crippen molar-refractivity contribution in [2.45, 2.75) is 45.8 Å². The predicted octanol–water partition coefficient (Wildman–Crippen LogP) is 3.41. The molecule has 0 spiro atoms. The lowest BCUT2D eigenvalue weighted by Gasteiger charge is -2.19. The van der Waals surface area contributed by atoms with Gasteiger partial charge in [0.1, 0.15) is 11.6 Å². The van der Waals surface area contributed by atoms with E-state index in [-0.39, 0.29) is 18.0 Å². The smallest absolute Gasteiger partial charge is 0.131 e. The molecule has 3 heteroatoms. The van der Waals surface area contributed by atoms with Crippen LogP contribution in [0.15, 0.2) is 18.2 Å². The van der Waals surface area contributed by atoms with E-state index in [9.17, 15) is 4.39 Å². The van der Waals surface area contributed by atoms with Gasteiger partial charge in [-0.15, -0.1) is 0 Å². The first kappa shape index (κ1) is 13.0. The molecule has 0 saturated carbocycles. The summed E-state index contributed by atoms with van der Waals surface area (Å²) in [5.41, 5.74) is 6.21. The highest BCUT2D eigenvalue weighted by Gasteiger charge is 2.15. The van der Waals surface area contributed by atoms with Crippen LogP contribution >= 0.6 is 0 Å². The largest absolute Gasteiger partial charge is 0.490 e. The fourth-order valence-corrected chi connectivity index (χ4v) is 1.74. The molecule has 0 radical (unpaired) electrons. The summed E-state index contributed by atoms with van der Waals surface area (Å²) in [6, 6.07) is 4.48. The van der Waals surface area contributed by atoms with E-state index in [0.717, 1.165) is 12.8 Å². The molecule has 1 aromatic rings. The Bertz CT molecular complexity index is 339. The molecule has 0 aliphatic heterocycles. The lowest BCUT2D eigenvalue weighted by Crippen LogP contribution is -2.16. The summed E-state index contributed by atoms with van der Waals surface area (Å²) in [6.07, 6.45) is 2.09. The van der Waals surface area contributed by atoms with Crippen molar-refractivity contribution >= 4 is 0 Å². The van der Waals surface area contributed by atoms with E-state index in [1.165, 1.54) is 6.07 Å². The quantitative estimate of drug-likeness (QED) is 0.833. The van der Waals surface area contributed by atoms with Gasteiger partial charge in [0.05, 0.1) is 6.10 Å². The Kier molecular flexibility index (Phi) is 4.74. The van der Waals surface area contributed by atoms with Gasteiger partial charge in [0.25, 0.3) is 0 Å². The van der Waals surface area contributed by atoms with Crippen LogP contribution in [0.3, 0.4) is 0 Å². The molecule has 0 amide bonds. The van der Waals surface area contributed by atoms with E-state index in [1.54, 1.807) is 19.1 Å². The van der Waals surface area contributed by atoms with E-state index >= 15 is 0 Å². The Morgan fingerprint density at radius 3 is 2.62 bits per heavy atom. The van der Waals surface area contributed by atoms with Crippen molar-refractivity contribution in [1.82, 2.24) is 0 Å². The first-order valence-corrected chi connectivity index (χ1v) is 5.76. The molecule has 0 heterocycles. The van der Waals surface area contributed by atoms with Gasteiger partial charge in [-0.1, -0.05) is 19.4 Å². The zero-order valence-corrected chi connectivity index (χ0v) is 10.2. The number of hydrogen-bond acceptors (Lipinski definition) is 2. The van der Waals surface area contributed by atoms with Gasteiger partial charge < -0.3 is 10.5 Å². The van der Waals surface area contributed by atoms with Crippen molar-refractivity contribution in [3.05, 3.63) is 29.6 Å². The molecule has 0 aliphatic carbocycles. The zero-order valence-electron chi connectivity index (χ0n) is 10.2. The van der Waals surface area contributed by atoms with E-state index in [0.29, 0.717) is 11.3 Å². The Morgan fingerprint density at radius 2 is 2.06 bits per heavy atom. The van der Waals surface area contributed by atoms with E-state index in [1.807, 2.05) is 6.92 Å². The lowest BCUT2D eigenvalue weighted by molar-refractivity contribution is 0.206. The van der Waals surface area contributed by atoms with Crippen molar-refractivity contribution in [3.63, 3.8) is 0 Å². The Balaban J connectivity index is 2.90. The van der Waals surface area contributed by atoms with Gasteiger partial charge in [0, 0.05) is 11.6 Å². The maximum atomic E-state index is 13.6. The van der Waals surface area contributed by atoms with E-state index in [2.05, 4.69) is 6.92 Å². The van der Waals surface area contributed by atoms with Gasteiger partial charge in [-0.2, -0.15) is 0 Å². The second kappa shape index (κ2) is 5.85. The summed E-state index contributed by atoms with van der Waals surface area (Å²) in [4.78, 5) is 0. The van der Waals surface area contributed by atoms with Crippen LogP contribution in [0.4, 0.5) is 4.39 Å². The van der Waals surface area contributed by atoms with Gasteiger partial charge in [0.2, 0.25) is 0 Å². The molecule has 2 N–H and O–H groups in total. The maximum absolute atomic E-state index is 13.6. The molecule has 0 saturated heterocycles. The standard InChI is InChI=1S/C13H20FNO/c1-4-6-9(2)16-12-8-5-7-11(14)13(12)10(3)15/h5,7-10H,4,6,15H2,1-3H3/t9?,10-/m0/s1. The summed E-state index contributed by atoms with van der Waals surface area (Å²) >= 11 is 0. The highest BCUT2D eigenvalue weighted by Crippen LogP contribution is 2.27. The van der Waals surface area contributed by atoms with Crippen LogP contribution in [0.25, 0.3) is 0 Å². The van der Waals surface area contributed by atoms with Crippen LogP contribution in [0.1, 0.15) is 45.2 Å². The molecule has 1 rings (SSSR count). The second-order valence-corrected chi connectivity index (χ2v) is 4.16. The van der Waals surface area contributed by atoms with Gasteiger partial charge in [0.15, 0.2) is 0 Å². The second-order valence-electron chi connectivity index (χ2n) is 4.16. The van der Waals surface area contributed by atoms with Crippen LogP contribution in [-0.2, 0) is 0 Å². The van der Waals surface area contributed by atoms with Gasteiger partial charge in [-0.3, -0.25) is 0 Å². The third-order valence-corrected chi connectivity index (χ3v) is 2.49. The summed E-state index contributed by atoms with van der Waals surface area (Å²) in [7, 11) is 0. The average molecular weight is 225 g/mol. The van der Waals surface area contributed by atoms with Gasteiger partial charge in [-0.05, 0) is 32.4 Å². The molecule has 16 heavy (non-hydrogen) atoms. The third kappa shape index (κ3) is 3.20. The van der Waals surface area contributed by atoms with Crippen LogP contribution < -0.4 is 10.5 Å². The first-order valence-electron chi connectivity index (χ1n) is 5.76. The van der Waals surface area contributed by atoms with Crippen molar-refractivity contribution in [1.29, 1.82) is 0 Å². The van der Waals surface area contributed by atoms with Crippen molar-refractivity contribution in [2.24, 2.45) is 5.73 Å². The summed E-state index contributed by atoms with van der Waals surface area (Å²) < 4.78 is 19.3. The normalized spacial score (nSPS) is 14.6. The molecule has 0 bridgehead atoms. The van der Waals surface area contributed by atoms with Crippen LogP contribution in [0.5, 0.6) is 5.75 Å². The van der Waals surface area contributed by atoms with Crippen molar-refractivity contribution in [3.8, 4) is 5.75 Å². The summed E-state index contributed by atoms with van der Waals surface area (Å²) in [5, 5.41) is 0. The summed E-state index contributed by atoms with van der Waals surface area (Å²) in [5.74, 6) is 0.271. The van der Waals surface area contributed by atoms with Crippen LogP contribution in [-0.4, -0.2) is 6.10 Å². The maximum Gasteiger partial charge on any atom is 0.131 e. The molecule has 1 unspecified atom stereocenters. The Hall–Kier alpha value is -1.09. The lowest BCUT2D eigenvalue weighted by atomic mass is 10.1. The summed E-state index contributed by atoms with van der Waals surface area (Å²) in [6.45, 7) is 5.84. The number of benzene rings is 1. The minimum atomic E-state index is -0.356. The molecule has 1 aromatic carbocycles. The van der Waals surface area contributed by atoms with Crippen molar-refractivity contribution in [2.75, 3.05) is 0 Å². The van der Waals surface area contributed by atoms with E-state index < -0.39 is 0 Å². The molecule has 2 nitrogen and oxygen atoms in total. The number of rotatable bonds is 5. The first-order chi connectivity index (χ1) is 7.56. The number of hydrogen-bond donors (Lipinski definition) is 1. The topological polar surface area (TPSA) is 35.2 Å². The number of halogens is 1. The highest BCUT2D eigenvalue weighted by atomic mass is 19.1. The number of nitrogens with two attached hydrogens (primary N) is 1.